The Hall–Kier alpha value is -1.80. The second kappa shape index (κ2) is 5.13. The number of aliphatic hydroxyl groups is 2. The average Bonchev–Trinajstić information content (AvgIpc) is 2.95. The number of benzene rings is 1. The lowest BCUT2D eigenvalue weighted by atomic mass is 9.69. The van der Waals surface area contributed by atoms with Gasteiger partial charge in [-0.05, 0) is 24.5 Å². The monoisotopic (exact) mass is 358 g/mol. The van der Waals surface area contributed by atoms with E-state index in [2.05, 4.69) is 0 Å². The van der Waals surface area contributed by atoms with Crippen LogP contribution in [0.4, 0.5) is 5.69 Å². The van der Waals surface area contributed by atoms with Crippen LogP contribution in [0.3, 0.4) is 0 Å². The number of carbonyl (C=O) groups is 1. The molecule has 0 unspecified atom stereocenters. The first kappa shape index (κ1) is 16.4. The van der Waals surface area contributed by atoms with Crippen molar-refractivity contribution in [2.45, 2.75) is 49.0 Å². The van der Waals surface area contributed by atoms with Crippen LogP contribution < -0.4 is 5.06 Å². The number of para-hydroxylation sites is 1. The van der Waals surface area contributed by atoms with Crippen molar-refractivity contribution in [2.75, 3.05) is 18.8 Å². The van der Waals surface area contributed by atoms with E-state index in [0.717, 1.165) is 5.56 Å². The van der Waals surface area contributed by atoms with Crippen LogP contribution in [-0.2, 0) is 19.8 Å². The molecule has 1 aliphatic carbocycles. The number of amides is 1. The van der Waals surface area contributed by atoms with Crippen LogP contribution in [0.15, 0.2) is 29.3 Å². The Morgan fingerprint density at radius 2 is 2.19 bits per heavy atom. The van der Waals surface area contributed by atoms with E-state index in [4.69, 9.17) is 14.6 Å². The fraction of sp³-hybridized carbons (Fsp3) is 0.579. The van der Waals surface area contributed by atoms with E-state index in [1.165, 1.54) is 12.2 Å². The molecule has 0 aromatic heterocycles. The molecule has 1 saturated carbocycles. The van der Waals surface area contributed by atoms with Crippen molar-refractivity contribution in [2.24, 2.45) is 10.9 Å². The van der Waals surface area contributed by atoms with Gasteiger partial charge in [-0.2, -0.15) is 5.06 Å². The van der Waals surface area contributed by atoms with Gasteiger partial charge in [-0.3, -0.25) is 14.6 Å². The molecule has 26 heavy (non-hydrogen) atoms. The standard InChI is InChI=1S/C19H22N2O5/c1-3-14-19(24)11-9-26-16(15(19)22)18(8-12(11)20-14)10-6-4-5-7-13(10)21(25-2)17(18)23/h4-7,11-12,15-16,22,24H,3,8-9H2,1-2H3/t11-,12+,15-,16+,18+,19-/m1/s1. The number of hydrogen-bond acceptors (Lipinski definition) is 6. The zero-order valence-electron chi connectivity index (χ0n) is 14.8. The summed E-state index contributed by atoms with van der Waals surface area (Å²) in [6.45, 7) is 2.20. The molecule has 1 aromatic carbocycles. The number of ether oxygens (including phenoxy) is 1. The summed E-state index contributed by atoms with van der Waals surface area (Å²) < 4.78 is 6.02. The average molecular weight is 358 g/mol. The highest BCUT2D eigenvalue weighted by molar-refractivity contribution is 6.08. The molecule has 7 heteroatoms. The van der Waals surface area contributed by atoms with Crippen LogP contribution in [0, 0.1) is 5.92 Å². The minimum absolute atomic E-state index is 0.268. The van der Waals surface area contributed by atoms with Gasteiger partial charge < -0.3 is 14.9 Å². The molecule has 6 atom stereocenters. The van der Waals surface area contributed by atoms with E-state index in [1.54, 1.807) is 0 Å². The maximum atomic E-state index is 13.5. The molecule has 1 amide bonds. The summed E-state index contributed by atoms with van der Waals surface area (Å²) in [5.41, 5.74) is -0.504. The molecule has 3 fully saturated rings. The molecule has 0 radical (unpaired) electrons. The van der Waals surface area contributed by atoms with Crippen molar-refractivity contribution < 1.29 is 24.6 Å². The van der Waals surface area contributed by atoms with Gasteiger partial charge in [-0.25, -0.2) is 0 Å². The first-order valence-corrected chi connectivity index (χ1v) is 9.07. The summed E-state index contributed by atoms with van der Waals surface area (Å²) in [7, 11) is 1.45. The summed E-state index contributed by atoms with van der Waals surface area (Å²) in [5, 5.41) is 23.9. The van der Waals surface area contributed by atoms with Crippen molar-refractivity contribution in [1.82, 2.24) is 0 Å². The number of carbonyl (C=O) groups excluding carboxylic acids is 1. The van der Waals surface area contributed by atoms with E-state index in [-0.39, 0.29) is 24.5 Å². The summed E-state index contributed by atoms with van der Waals surface area (Å²) in [5.74, 6) is -0.602. The number of fused-ring (bicyclic) bond motifs is 2. The quantitative estimate of drug-likeness (QED) is 0.807. The van der Waals surface area contributed by atoms with Crippen molar-refractivity contribution in [3.8, 4) is 0 Å². The Balaban J connectivity index is 1.75. The van der Waals surface area contributed by atoms with Crippen LogP contribution in [-0.4, -0.2) is 59.4 Å². The van der Waals surface area contributed by atoms with Crippen LogP contribution in [0.5, 0.6) is 0 Å². The van der Waals surface area contributed by atoms with E-state index in [0.29, 0.717) is 24.2 Å². The molecule has 7 nitrogen and oxygen atoms in total. The predicted molar refractivity (Wildman–Crippen MR) is 92.9 cm³/mol. The Labute approximate surface area is 151 Å². The van der Waals surface area contributed by atoms with Crippen LogP contribution in [0.25, 0.3) is 0 Å². The number of hydroxylamine groups is 1. The molecule has 138 valence electrons. The highest BCUT2D eigenvalue weighted by atomic mass is 16.7. The van der Waals surface area contributed by atoms with Crippen LogP contribution in [0.2, 0.25) is 0 Å². The highest BCUT2D eigenvalue weighted by Crippen LogP contribution is 2.57. The predicted octanol–water partition coefficient (Wildman–Crippen LogP) is 0.576. The second-order valence-electron chi connectivity index (χ2n) is 7.60. The Bertz CT molecular complexity index is 826. The Morgan fingerprint density at radius 1 is 1.42 bits per heavy atom. The zero-order chi connectivity index (χ0) is 18.3. The molecule has 1 aromatic rings. The topological polar surface area (TPSA) is 91.6 Å². The SMILES string of the molecule is CCC1=N[C@H]2C[C@@]3(C(=O)N(OC)c4ccccc43)[C@H]3OC[C@H]2[C@]1(O)[C@@H]3O. The number of aliphatic hydroxyl groups excluding tert-OH is 1. The first-order chi connectivity index (χ1) is 12.5. The highest BCUT2D eigenvalue weighted by Gasteiger charge is 2.72. The minimum Gasteiger partial charge on any atom is -0.387 e. The van der Waals surface area contributed by atoms with E-state index in [1.807, 2.05) is 31.2 Å². The number of rotatable bonds is 2. The minimum atomic E-state index is -1.43. The van der Waals surface area contributed by atoms with Crippen molar-refractivity contribution in [3.05, 3.63) is 29.8 Å². The third-order valence-corrected chi connectivity index (χ3v) is 6.71. The van der Waals surface area contributed by atoms with E-state index >= 15 is 0 Å². The zero-order valence-corrected chi connectivity index (χ0v) is 14.8. The molecular weight excluding hydrogens is 336 g/mol. The van der Waals surface area contributed by atoms with Gasteiger partial charge in [0.1, 0.15) is 23.2 Å². The number of nitrogens with zero attached hydrogens (tertiary/aromatic N) is 2. The van der Waals surface area contributed by atoms with Crippen molar-refractivity contribution in [1.29, 1.82) is 0 Å². The fourth-order valence-corrected chi connectivity index (χ4v) is 5.57. The lowest BCUT2D eigenvalue weighted by Crippen LogP contribution is -2.66. The third kappa shape index (κ3) is 1.59. The summed E-state index contributed by atoms with van der Waals surface area (Å²) in [4.78, 5) is 23.5. The van der Waals surface area contributed by atoms with Crippen LogP contribution in [0.1, 0.15) is 25.3 Å². The fourth-order valence-electron chi connectivity index (χ4n) is 5.57. The molecule has 5 aliphatic rings. The van der Waals surface area contributed by atoms with Gasteiger partial charge in [0.05, 0.1) is 25.4 Å². The summed E-state index contributed by atoms with van der Waals surface area (Å²) >= 11 is 0. The van der Waals surface area contributed by atoms with Gasteiger partial charge in [0.25, 0.3) is 5.91 Å². The normalized spacial score (nSPS) is 43.0. The number of hydrogen-bond donors (Lipinski definition) is 2. The van der Waals surface area contributed by atoms with Crippen LogP contribution >= 0.6 is 0 Å². The summed E-state index contributed by atoms with van der Waals surface area (Å²) in [6, 6.07) is 7.14. The van der Waals surface area contributed by atoms with E-state index in [9.17, 15) is 15.0 Å². The van der Waals surface area contributed by atoms with E-state index < -0.39 is 23.2 Å². The number of anilines is 1. The molecule has 4 aliphatic heterocycles. The maximum Gasteiger partial charge on any atom is 0.264 e. The number of aliphatic imine (C=N–C) groups is 1. The van der Waals surface area contributed by atoms with Crippen molar-refractivity contribution in [3.63, 3.8) is 0 Å². The molecule has 2 saturated heterocycles. The first-order valence-electron chi connectivity index (χ1n) is 9.07. The lowest BCUT2D eigenvalue weighted by molar-refractivity contribution is -0.194. The van der Waals surface area contributed by atoms with Gasteiger partial charge in [0, 0.05) is 11.6 Å². The van der Waals surface area contributed by atoms with Crippen molar-refractivity contribution >= 4 is 17.3 Å². The molecule has 4 bridgehead atoms. The molecular formula is C19H22N2O5. The molecule has 1 spiro atoms. The maximum absolute atomic E-state index is 13.5. The third-order valence-electron chi connectivity index (χ3n) is 6.71. The van der Waals surface area contributed by atoms with Gasteiger partial charge in [0.2, 0.25) is 0 Å². The van der Waals surface area contributed by atoms with Gasteiger partial charge in [0.15, 0.2) is 0 Å². The molecule has 4 heterocycles. The largest absolute Gasteiger partial charge is 0.387 e. The Kier molecular flexibility index (Phi) is 3.23. The van der Waals surface area contributed by atoms with Gasteiger partial charge in [-0.15, -0.1) is 0 Å². The second-order valence-corrected chi connectivity index (χ2v) is 7.60. The van der Waals surface area contributed by atoms with Gasteiger partial charge >= 0.3 is 0 Å². The van der Waals surface area contributed by atoms with Gasteiger partial charge in [-0.1, -0.05) is 25.1 Å². The lowest BCUT2D eigenvalue weighted by Gasteiger charge is -2.46. The smallest absolute Gasteiger partial charge is 0.264 e. The molecule has 2 N–H and O–H groups in total. The summed E-state index contributed by atoms with van der Waals surface area (Å²) in [6.07, 6.45) is -1.11. The molecule has 6 rings (SSSR count). The Morgan fingerprint density at radius 3 is 2.92 bits per heavy atom.